The van der Waals surface area contributed by atoms with Crippen LogP contribution in [0.3, 0.4) is 0 Å². The summed E-state index contributed by atoms with van der Waals surface area (Å²) < 4.78 is 0. The molecule has 0 aliphatic heterocycles. The predicted molar refractivity (Wildman–Crippen MR) is 69.5 cm³/mol. The number of rotatable bonds is 2. The Hall–Kier alpha value is -2.89. The summed E-state index contributed by atoms with van der Waals surface area (Å²) in [4.78, 5) is 24.2. The van der Waals surface area contributed by atoms with Crippen molar-refractivity contribution in [2.45, 2.75) is 0 Å². The summed E-state index contributed by atoms with van der Waals surface area (Å²) in [6, 6.07) is 7.40. The molecule has 0 unspecified atom stereocenters. The molecule has 0 saturated heterocycles. The maximum absolute atomic E-state index is 10.8. The summed E-state index contributed by atoms with van der Waals surface area (Å²) >= 11 is 0. The van der Waals surface area contributed by atoms with Gasteiger partial charge in [-0.1, -0.05) is 0 Å². The Kier molecular flexibility index (Phi) is 2.25. The number of hydrogen-bond donors (Lipinski definition) is 2. The van der Waals surface area contributed by atoms with E-state index in [0.717, 1.165) is 0 Å². The monoisotopic (exact) mass is 256 g/mol. The number of fused-ring (bicyclic) bond motifs is 3. The average molecular weight is 256 g/mol. The highest BCUT2D eigenvalue weighted by Crippen LogP contribution is 2.32. The minimum Gasteiger partial charge on any atom is -0.507 e. The number of nitro benzene ring substituents is 1. The van der Waals surface area contributed by atoms with Crippen molar-refractivity contribution in [3.05, 3.63) is 46.0 Å². The van der Waals surface area contributed by atoms with E-state index in [1.807, 2.05) is 0 Å². The largest absolute Gasteiger partial charge is 0.507 e. The third-order valence-corrected chi connectivity index (χ3v) is 3.07. The molecule has 0 aliphatic rings. The van der Waals surface area contributed by atoms with Gasteiger partial charge in [-0.3, -0.25) is 14.9 Å². The fraction of sp³-hybridized carbons (Fsp3) is 0. The molecule has 0 radical (unpaired) electrons. The standard InChI is InChI=1S/C13H8N2O4/c16-6-7-3-9-10-4-8(15(18)19)1-2-11(10)14-12(9)5-13(7)17/h1-6,14,17H. The lowest BCUT2D eigenvalue weighted by Gasteiger charge is -1.97. The molecule has 6 nitrogen and oxygen atoms in total. The second kappa shape index (κ2) is 3.81. The van der Waals surface area contributed by atoms with E-state index in [4.69, 9.17) is 0 Å². The van der Waals surface area contributed by atoms with Crippen LogP contribution in [0.5, 0.6) is 5.75 Å². The highest BCUT2D eigenvalue weighted by atomic mass is 16.6. The normalized spacial score (nSPS) is 10.9. The number of nitrogens with zero attached hydrogens (tertiary/aromatic N) is 1. The van der Waals surface area contributed by atoms with Gasteiger partial charge in [0.05, 0.1) is 16.0 Å². The highest BCUT2D eigenvalue weighted by Gasteiger charge is 2.12. The molecule has 3 aromatic rings. The Labute approximate surface area is 106 Å². The van der Waals surface area contributed by atoms with Gasteiger partial charge in [-0.25, -0.2) is 0 Å². The molecule has 19 heavy (non-hydrogen) atoms. The van der Waals surface area contributed by atoms with Gasteiger partial charge in [0, 0.05) is 34.5 Å². The number of nitro groups is 1. The zero-order valence-electron chi connectivity index (χ0n) is 9.58. The molecule has 0 amide bonds. The quantitative estimate of drug-likeness (QED) is 0.418. The van der Waals surface area contributed by atoms with E-state index in [2.05, 4.69) is 4.98 Å². The van der Waals surface area contributed by atoms with Crippen molar-refractivity contribution in [2.24, 2.45) is 0 Å². The molecule has 0 spiro atoms. The van der Waals surface area contributed by atoms with E-state index in [1.165, 1.54) is 24.3 Å². The van der Waals surface area contributed by atoms with Crippen molar-refractivity contribution < 1.29 is 14.8 Å². The lowest BCUT2D eigenvalue weighted by atomic mass is 10.1. The zero-order chi connectivity index (χ0) is 13.6. The number of phenolic OH excluding ortho intramolecular Hbond substituents is 1. The number of phenols is 1. The number of non-ortho nitro benzene ring substituents is 1. The first kappa shape index (κ1) is 11.2. The minimum atomic E-state index is -0.473. The maximum Gasteiger partial charge on any atom is 0.270 e. The lowest BCUT2D eigenvalue weighted by Crippen LogP contribution is -1.86. The number of H-pyrrole nitrogens is 1. The van der Waals surface area contributed by atoms with Gasteiger partial charge in [-0.2, -0.15) is 0 Å². The Balaban J connectivity index is 2.42. The maximum atomic E-state index is 10.8. The zero-order valence-corrected chi connectivity index (χ0v) is 9.58. The van der Waals surface area contributed by atoms with Gasteiger partial charge in [0.25, 0.3) is 5.69 Å². The molecule has 1 heterocycles. The van der Waals surface area contributed by atoms with Crippen molar-refractivity contribution in [3.63, 3.8) is 0 Å². The lowest BCUT2D eigenvalue weighted by molar-refractivity contribution is -0.384. The molecule has 6 heteroatoms. The summed E-state index contributed by atoms with van der Waals surface area (Å²) in [5, 5.41) is 21.7. The van der Waals surface area contributed by atoms with Crippen molar-refractivity contribution in [1.29, 1.82) is 0 Å². The third-order valence-electron chi connectivity index (χ3n) is 3.07. The Morgan fingerprint density at radius 3 is 2.58 bits per heavy atom. The van der Waals surface area contributed by atoms with Gasteiger partial charge < -0.3 is 10.1 Å². The molecule has 3 rings (SSSR count). The number of hydrogen-bond acceptors (Lipinski definition) is 4. The molecule has 2 aromatic carbocycles. The van der Waals surface area contributed by atoms with Crippen LogP contribution >= 0.6 is 0 Å². The first-order valence-electron chi connectivity index (χ1n) is 5.48. The molecule has 0 atom stereocenters. The minimum absolute atomic E-state index is 0.0193. The number of nitrogens with one attached hydrogen (secondary N) is 1. The van der Waals surface area contributed by atoms with Crippen LogP contribution in [0.1, 0.15) is 10.4 Å². The van der Waals surface area contributed by atoms with Gasteiger partial charge in [-0.05, 0) is 12.1 Å². The topological polar surface area (TPSA) is 96.2 Å². The molecular formula is C13H8N2O4. The molecule has 94 valence electrons. The smallest absolute Gasteiger partial charge is 0.270 e. The number of aromatic nitrogens is 1. The van der Waals surface area contributed by atoms with Gasteiger partial charge in [0.2, 0.25) is 0 Å². The second-order valence-electron chi connectivity index (χ2n) is 4.19. The third kappa shape index (κ3) is 1.61. The molecule has 0 saturated carbocycles. The van der Waals surface area contributed by atoms with E-state index in [-0.39, 0.29) is 17.0 Å². The second-order valence-corrected chi connectivity index (χ2v) is 4.19. The number of aromatic amines is 1. The van der Waals surface area contributed by atoms with E-state index in [1.54, 1.807) is 6.07 Å². The van der Waals surface area contributed by atoms with Crippen molar-refractivity contribution in [2.75, 3.05) is 0 Å². The van der Waals surface area contributed by atoms with Crippen LogP contribution in [-0.2, 0) is 0 Å². The molecule has 2 N–H and O–H groups in total. The number of carbonyl (C=O) groups is 1. The van der Waals surface area contributed by atoms with Crippen molar-refractivity contribution >= 4 is 33.8 Å². The SMILES string of the molecule is O=Cc1cc2c(cc1O)[nH]c1ccc([N+](=O)[O-])cc12. The van der Waals surface area contributed by atoms with E-state index in [9.17, 15) is 20.0 Å². The van der Waals surface area contributed by atoms with Crippen LogP contribution < -0.4 is 0 Å². The summed E-state index contributed by atoms with van der Waals surface area (Å²) in [6.07, 6.45) is 0.547. The Bertz CT molecular complexity index is 835. The van der Waals surface area contributed by atoms with Crippen molar-refractivity contribution in [1.82, 2.24) is 4.98 Å². The number of carbonyl (C=O) groups excluding carboxylic acids is 1. The fourth-order valence-corrected chi connectivity index (χ4v) is 2.15. The molecule has 0 aliphatic carbocycles. The fourth-order valence-electron chi connectivity index (χ4n) is 2.15. The van der Waals surface area contributed by atoms with Gasteiger partial charge in [-0.15, -0.1) is 0 Å². The van der Waals surface area contributed by atoms with Crippen LogP contribution in [-0.4, -0.2) is 21.3 Å². The van der Waals surface area contributed by atoms with E-state index >= 15 is 0 Å². The Morgan fingerprint density at radius 2 is 1.89 bits per heavy atom. The molecule has 0 bridgehead atoms. The predicted octanol–water partition coefficient (Wildman–Crippen LogP) is 2.75. The van der Waals surface area contributed by atoms with Gasteiger partial charge >= 0.3 is 0 Å². The van der Waals surface area contributed by atoms with Gasteiger partial charge in [0.15, 0.2) is 6.29 Å². The molecule has 1 aromatic heterocycles. The van der Waals surface area contributed by atoms with Crippen LogP contribution in [0.15, 0.2) is 30.3 Å². The number of aldehydes is 1. The highest BCUT2D eigenvalue weighted by molar-refractivity contribution is 6.10. The molecular weight excluding hydrogens is 248 g/mol. The van der Waals surface area contributed by atoms with E-state index in [0.29, 0.717) is 28.1 Å². The van der Waals surface area contributed by atoms with Crippen LogP contribution in [0.4, 0.5) is 5.69 Å². The summed E-state index contributed by atoms with van der Waals surface area (Å²) in [6.45, 7) is 0. The van der Waals surface area contributed by atoms with Crippen LogP contribution in [0.25, 0.3) is 21.8 Å². The number of benzene rings is 2. The van der Waals surface area contributed by atoms with Crippen molar-refractivity contribution in [3.8, 4) is 5.75 Å². The van der Waals surface area contributed by atoms with Crippen LogP contribution in [0, 0.1) is 10.1 Å². The Morgan fingerprint density at radius 1 is 1.16 bits per heavy atom. The summed E-state index contributed by atoms with van der Waals surface area (Å²) in [5.41, 5.74) is 1.47. The number of aromatic hydroxyl groups is 1. The van der Waals surface area contributed by atoms with Gasteiger partial charge in [0.1, 0.15) is 5.75 Å². The van der Waals surface area contributed by atoms with Crippen LogP contribution in [0.2, 0.25) is 0 Å². The first-order valence-corrected chi connectivity index (χ1v) is 5.48. The average Bonchev–Trinajstić information content (AvgIpc) is 2.73. The van der Waals surface area contributed by atoms with E-state index < -0.39 is 4.92 Å². The summed E-state index contributed by atoms with van der Waals surface area (Å²) in [7, 11) is 0. The first-order chi connectivity index (χ1) is 9.10. The summed E-state index contributed by atoms with van der Waals surface area (Å²) in [5.74, 6) is -0.122. The molecule has 0 fully saturated rings.